The lowest BCUT2D eigenvalue weighted by atomic mass is 9.96. The minimum absolute atomic E-state index is 0.390. The van der Waals surface area contributed by atoms with Crippen molar-refractivity contribution < 1.29 is 19.4 Å². The van der Waals surface area contributed by atoms with Crippen LogP contribution < -0.4 is 9.47 Å². The largest absolute Gasteiger partial charge is 0.497 e. The van der Waals surface area contributed by atoms with Crippen molar-refractivity contribution in [1.29, 1.82) is 0 Å². The van der Waals surface area contributed by atoms with E-state index >= 15 is 0 Å². The van der Waals surface area contributed by atoms with Crippen molar-refractivity contribution in [2.75, 3.05) is 13.7 Å². The van der Waals surface area contributed by atoms with Crippen molar-refractivity contribution in [3.8, 4) is 11.5 Å². The van der Waals surface area contributed by atoms with Crippen molar-refractivity contribution >= 4 is 5.97 Å². The van der Waals surface area contributed by atoms with Gasteiger partial charge >= 0.3 is 5.97 Å². The highest BCUT2D eigenvalue weighted by Crippen LogP contribution is 2.39. The first-order valence-electron chi connectivity index (χ1n) is 9.63. The second kappa shape index (κ2) is 8.94. The van der Waals surface area contributed by atoms with Gasteiger partial charge in [-0.1, -0.05) is 31.2 Å². The van der Waals surface area contributed by atoms with Crippen molar-refractivity contribution in [3.63, 3.8) is 0 Å². The van der Waals surface area contributed by atoms with E-state index in [0.717, 1.165) is 29.9 Å². The molecule has 1 aliphatic carbocycles. The average molecular weight is 368 g/mol. The smallest absolute Gasteiger partial charge is 0.306 e. The summed E-state index contributed by atoms with van der Waals surface area (Å²) in [5, 5.41) is 9.07. The molecule has 27 heavy (non-hydrogen) atoms. The van der Waals surface area contributed by atoms with Crippen molar-refractivity contribution in [1.82, 2.24) is 0 Å². The molecule has 0 saturated heterocycles. The normalized spacial score (nSPS) is 20.2. The zero-order valence-electron chi connectivity index (χ0n) is 16.1. The molecule has 0 aromatic heterocycles. The summed E-state index contributed by atoms with van der Waals surface area (Å²) in [7, 11) is 1.70. The molecular formula is C23H28O4. The SMILES string of the molecule is COc1cccc(C2CCC(COc3cccc(C[C@H](C)C(=O)O)c3)C2)c1. The molecule has 0 spiro atoms. The van der Waals surface area contributed by atoms with Gasteiger partial charge in [0, 0.05) is 0 Å². The Balaban J connectivity index is 1.53. The number of ether oxygens (including phenoxy) is 2. The molecule has 4 nitrogen and oxygen atoms in total. The lowest BCUT2D eigenvalue weighted by Crippen LogP contribution is -2.12. The molecule has 1 aliphatic rings. The van der Waals surface area contributed by atoms with Gasteiger partial charge in [-0.25, -0.2) is 0 Å². The number of methoxy groups -OCH3 is 1. The van der Waals surface area contributed by atoms with Crippen LogP contribution in [0.1, 0.15) is 43.2 Å². The van der Waals surface area contributed by atoms with E-state index in [-0.39, 0.29) is 0 Å². The van der Waals surface area contributed by atoms with Crippen molar-refractivity contribution in [2.45, 2.75) is 38.5 Å². The first-order valence-corrected chi connectivity index (χ1v) is 9.63. The summed E-state index contributed by atoms with van der Waals surface area (Å²) in [6.07, 6.45) is 3.99. The minimum atomic E-state index is -0.768. The summed E-state index contributed by atoms with van der Waals surface area (Å²) in [6.45, 7) is 2.44. The van der Waals surface area contributed by atoms with Crippen LogP contribution in [0.4, 0.5) is 0 Å². The summed E-state index contributed by atoms with van der Waals surface area (Å²) >= 11 is 0. The second-order valence-electron chi connectivity index (χ2n) is 7.55. The van der Waals surface area contributed by atoms with Crippen LogP contribution in [-0.2, 0) is 11.2 Å². The van der Waals surface area contributed by atoms with Gasteiger partial charge in [-0.2, -0.15) is 0 Å². The lowest BCUT2D eigenvalue weighted by Gasteiger charge is -2.15. The zero-order valence-corrected chi connectivity index (χ0v) is 16.1. The molecule has 0 heterocycles. The van der Waals surface area contributed by atoms with E-state index in [1.54, 1.807) is 14.0 Å². The van der Waals surface area contributed by atoms with Gasteiger partial charge in [0.05, 0.1) is 19.6 Å². The van der Waals surface area contributed by atoms with Gasteiger partial charge in [-0.3, -0.25) is 4.79 Å². The Labute approximate surface area is 161 Å². The zero-order chi connectivity index (χ0) is 19.2. The van der Waals surface area contributed by atoms with Gasteiger partial charge in [0.25, 0.3) is 0 Å². The van der Waals surface area contributed by atoms with Crippen LogP contribution in [0, 0.1) is 11.8 Å². The van der Waals surface area contributed by atoms with Crippen molar-refractivity contribution in [2.24, 2.45) is 11.8 Å². The fraction of sp³-hybridized carbons (Fsp3) is 0.435. The van der Waals surface area contributed by atoms with E-state index in [0.29, 0.717) is 24.9 Å². The summed E-state index contributed by atoms with van der Waals surface area (Å²) in [5.41, 5.74) is 2.35. The first-order chi connectivity index (χ1) is 13.0. The monoisotopic (exact) mass is 368 g/mol. The van der Waals surface area contributed by atoms with E-state index in [1.165, 1.54) is 12.0 Å². The molecule has 3 rings (SSSR count). The van der Waals surface area contributed by atoms with Crippen LogP contribution >= 0.6 is 0 Å². The quantitative estimate of drug-likeness (QED) is 0.718. The molecule has 2 aromatic carbocycles. The van der Waals surface area contributed by atoms with Gasteiger partial charge in [0.2, 0.25) is 0 Å². The summed E-state index contributed by atoms with van der Waals surface area (Å²) in [5.74, 6) is 1.70. The molecule has 2 unspecified atom stereocenters. The third-order valence-corrected chi connectivity index (χ3v) is 5.45. The fourth-order valence-corrected chi connectivity index (χ4v) is 3.84. The fourth-order valence-electron chi connectivity index (χ4n) is 3.84. The van der Waals surface area contributed by atoms with Crippen LogP contribution in [-0.4, -0.2) is 24.8 Å². The highest BCUT2D eigenvalue weighted by Gasteiger charge is 2.26. The van der Waals surface area contributed by atoms with E-state index in [2.05, 4.69) is 18.2 Å². The minimum Gasteiger partial charge on any atom is -0.497 e. The van der Waals surface area contributed by atoms with Gasteiger partial charge in [-0.05, 0) is 72.9 Å². The Kier molecular flexibility index (Phi) is 6.38. The molecule has 1 N–H and O–H groups in total. The number of carboxylic acid groups (broad SMARTS) is 1. The third-order valence-electron chi connectivity index (χ3n) is 5.45. The number of benzene rings is 2. The van der Waals surface area contributed by atoms with Gasteiger partial charge in [0.1, 0.15) is 11.5 Å². The standard InChI is InChI=1S/C23H28O4/c1-16(23(24)25)11-17-5-3-8-22(13-17)27-15-18-9-10-20(12-18)19-6-4-7-21(14-19)26-2/h3-8,13-14,16,18,20H,9-12,15H2,1-2H3,(H,24,25)/t16-,18?,20?/m0/s1. The number of aliphatic carboxylic acids is 1. The molecule has 144 valence electrons. The summed E-state index contributed by atoms with van der Waals surface area (Å²) in [6, 6.07) is 16.2. The molecule has 4 heteroatoms. The van der Waals surface area contributed by atoms with Crippen LogP contribution in [0.3, 0.4) is 0 Å². The molecule has 0 amide bonds. The van der Waals surface area contributed by atoms with Crippen molar-refractivity contribution in [3.05, 3.63) is 59.7 Å². The molecule has 2 aromatic rings. The van der Waals surface area contributed by atoms with E-state index in [1.807, 2.05) is 30.3 Å². The second-order valence-corrected chi connectivity index (χ2v) is 7.55. The Morgan fingerprint density at radius 1 is 1.15 bits per heavy atom. The van der Waals surface area contributed by atoms with Crippen LogP contribution in [0.2, 0.25) is 0 Å². The summed E-state index contributed by atoms with van der Waals surface area (Å²) in [4.78, 5) is 11.0. The van der Waals surface area contributed by atoms with Crippen LogP contribution in [0.25, 0.3) is 0 Å². The molecule has 0 radical (unpaired) electrons. The van der Waals surface area contributed by atoms with E-state index in [4.69, 9.17) is 14.6 Å². The maximum Gasteiger partial charge on any atom is 0.306 e. The topological polar surface area (TPSA) is 55.8 Å². The third kappa shape index (κ3) is 5.25. The number of hydrogen-bond acceptors (Lipinski definition) is 3. The predicted octanol–water partition coefficient (Wildman–Crippen LogP) is 4.92. The molecule has 0 aliphatic heterocycles. The molecular weight excluding hydrogens is 340 g/mol. The summed E-state index contributed by atoms with van der Waals surface area (Å²) < 4.78 is 11.4. The number of carboxylic acids is 1. The highest BCUT2D eigenvalue weighted by atomic mass is 16.5. The molecule has 1 saturated carbocycles. The maximum absolute atomic E-state index is 11.0. The number of carbonyl (C=O) groups is 1. The Morgan fingerprint density at radius 3 is 2.70 bits per heavy atom. The first kappa shape index (κ1) is 19.3. The van der Waals surface area contributed by atoms with E-state index in [9.17, 15) is 4.79 Å². The van der Waals surface area contributed by atoms with Crippen LogP contribution in [0.15, 0.2) is 48.5 Å². The predicted molar refractivity (Wildman–Crippen MR) is 106 cm³/mol. The van der Waals surface area contributed by atoms with Gasteiger partial charge < -0.3 is 14.6 Å². The maximum atomic E-state index is 11.0. The Hall–Kier alpha value is -2.49. The highest BCUT2D eigenvalue weighted by molar-refractivity contribution is 5.69. The molecule has 3 atom stereocenters. The number of hydrogen-bond donors (Lipinski definition) is 1. The molecule has 1 fully saturated rings. The van der Waals surface area contributed by atoms with Gasteiger partial charge in [0.15, 0.2) is 0 Å². The number of rotatable bonds is 8. The molecule has 0 bridgehead atoms. The Morgan fingerprint density at radius 2 is 1.93 bits per heavy atom. The lowest BCUT2D eigenvalue weighted by molar-refractivity contribution is -0.141. The Bertz CT molecular complexity index is 770. The van der Waals surface area contributed by atoms with Gasteiger partial charge in [-0.15, -0.1) is 0 Å². The van der Waals surface area contributed by atoms with E-state index < -0.39 is 11.9 Å². The van der Waals surface area contributed by atoms with Crippen LogP contribution in [0.5, 0.6) is 11.5 Å². The average Bonchev–Trinajstić information content (AvgIpc) is 3.16.